The lowest BCUT2D eigenvalue weighted by molar-refractivity contribution is -0.142. The number of carboxylic acids is 1. The quantitative estimate of drug-likeness (QED) is 0.856. The van der Waals surface area contributed by atoms with Gasteiger partial charge in [-0.2, -0.15) is 12.7 Å². The summed E-state index contributed by atoms with van der Waals surface area (Å²) < 4.78 is 27.4. The molecular formula is C12H19N3O4S. The van der Waals surface area contributed by atoms with Crippen molar-refractivity contribution in [3.8, 4) is 0 Å². The van der Waals surface area contributed by atoms with Crippen molar-refractivity contribution < 1.29 is 18.3 Å². The van der Waals surface area contributed by atoms with Crippen LogP contribution in [-0.2, 0) is 15.0 Å². The van der Waals surface area contributed by atoms with E-state index in [1.165, 1.54) is 8.98 Å². The number of carboxylic acid groups (broad SMARTS) is 1. The van der Waals surface area contributed by atoms with Gasteiger partial charge in [-0.05, 0) is 38.8 Å². The lowest BCUT2D eigenvalue weighted by atomic mass is 9.99. The minimum atomic E-state index is -3.65. The average Bonchev–Trinajstić information content (AvgIpc) is 2.70. The Kier molecular flexibility index (Phi) is 4.05. The average molecular weight is 301 g/mol. The van der Waals surface area contributed by atoms with E-state index in [0.29, 0.717) is 12.8 Å². The first-order valence-corrected chi connectivity index (χ1v) is 7.91. The maximum atomic E-state index is 12.3. The number of aliphatic carboxylic acids is 1. The minimum Gasteiger partial charge on any atom is -0.481 e. The molecule has 2 heterocycles. The Morgan fingerprint density at radius 1 is 1.25 bits per heavy atom. The molecule has 0 aliphatic carbocycles. The predicted octanol–water partition coefficient (Wildman–Crippen LogP) is 0.690. The van der Waals surface area contributed by atoms with E-state index in [9.17, 15) is 13.2 Å². The van der Waals surface area contributed by atoms with Gasteiger partial charge in [-0.15, -0.1) is 0 Å². The summed E-state index contributed by atoms with van der Waals surface area (Å²) >= 11 is 0. The monoisotopic (exact) mass is 301 g/mol. The fourth-order valence-electron chi connectivity index (χ4n) is 2.33. The lowest BCUT2D eigenvalue weighted by Gasteiger charge is -2.30. The van der Waals surface area contributed by atoms with E-state index in [2.05, 4.69) is 4.83 Å². The number of nitrogens with one attached hydrogen (secondary N) is 1. The highest BCUT2D eigenvalue weighted by molar-refractivity contribution is 7.90. The van der Waals surface area contributed by atoms with Crippen molar-refractivity contribution in [3.63, 3.8) is 0 Å². The molecule has 1 saturated heterocycles. The zero-order chi connectivity index (χ0) is 14.9. The molecule has 0 saturated carbocycles. The second-order valence-corrected chi connectivity index (χ2v) is 6.71. The van der Waals surface area contributed by atoms with Crippen LogP contribution in [0.25, 0.3) is 0 Å². The normalized spacial score (nSPS) is 18.1. The van der Waals surface area contributed by atoms with Crippen molar-refractivity contribution in [2.24, 2.45) is 5.92 Å². The first kappa shape index (κ1) is 14.9. The number of aryl methyl sites for hydroxylation is 2. The Labute approximate surface area is 118 Å². The fraction of sp³-hybridized carbons (Fsp3) is 0.583. The third kappa shape index (κ3) is 2.96. The van der Waals surface area contributed by atoms with Crippen LogP contribution in [0.2, 0.25) is 0 Å². The van der Waals surface area contributed by atoms with Crippen molar-refractivity contribution in [1.82, 2.24) is 8.98 Å². The summed E-state index contributed by atoms with van der Waals surface area (Å²) in [6.45, 7) is 4.08. The van der Waals surface area contributed by atoms with Crippen molar-refractivity contribution >= 4 is 16.2 Å². The van der Waals surface area contributed by atoms with Gasteiger partial charge in [-0.25, -0.2) is 4.83 Å². The van der Waals surface area contributed by atoms with E-state index >= 15 is 0 Å². The van der Waals surface area contributed by atoms with Gasteiger partial charge in [0.2, 0.25) is 0 Å². The van der Waals surface area contributed by atoms with Gasteiger partial charge in [0.25, 0.3) is 0 Å². The lowest BCUT2D eigenvalue weighted by Crippen LogP contribution is -2.45. The van der Waals surface area contributed by atoms with Crippen LogP contribution < -0.4 is 4.83 Å². The zero-order valence-electron chi connectivity index (χ0n) is 11.5. The molecule has 2 rings (SSSR count). The van der Waals surface area contributed by atoms with E-state index in [0.717, 1.165) is 11.4 Å². The van der Waals surface area contributed by atoms with Gasteiger partial charge in [0.15, 0.2) is 0 Å². The molecule has 1 aromatic heterocycles. The van der Waals surface area contributed by atoms with Crippen molar-refractivity contribution in [1.29, 1.82) is 0 Å². The summed E-state index contributed by atoms with van der Waals surface area (Å²) in [5.41, 5.74) is 1.60. The number of rotatable bonds is 4. The first-order chi connectivity index (χ1) is 9.31. The number of hydrogen-bond donors (Lipinski definition) is 2. The highest BCUT2D eigenvalue weighted by atomic mass is 32.2. The molecule has 0 spiro atoms. The maximum absolute atomic E-state index is 12.3. The van der Waals surface area contributed by atoms with Gasteiger partial charge in [0, 0.05) is 24.5 Å². The Morgan fingerprint density at radius 3 is 2.20 bits per heavy atom. The molecule has 0 aromatic carbocycles. The Morgan fingerprint density at radius 2 is 1.75 bits per heavy atom. The molecule has 8 heteroatoms. The van der Waals surface area contributed by atoms with Gasteiger partial charge in [0.05, 0.1) is 5.92 Å². The molecule has 0 atom stereocenters. The molecule has 0 unspecified atom stereocenters. The standard InChI is InChI=1S/C12H19N3O4S/c1-9-3-4-10(2)15(9)13-20(18,19)14-7-5-11(6-8-14)12(16)17/h3-4,11,13H,5-8H2,1-2H3,(H,16,17). The van der Waals surface area contributed by atoms with Crippen LogP contribution in [0.5, 0.6) is 0 Å². The van der Waals surface area contributed by atoms with Crippen LogP contribution >= 0.6 is 0 Å². The Balaban J connectivity index is 2.07. The van der Waals surface area contributed by atoms with Crippen molar-refractivity contribution in [2.45, 2.75) is 26.7 Å². The molecule has 1 aromatic rings. The molecule has 20 heavy (non-hydrogen) atoms. The van der Waals surface area contributed by atoms with E-state index < -0.39 is 22.1 Å². The molecule has 1 aliphatic rings. The first-order valence-electron chi connectivity index (χ1n) is 6.47. The molecule has 0 radical (unpaired) electrons. The van der Waals surface area contributed by atoms with E-state index in [1.54, 1.807) is 0 Å². The summed E-state index contributed by atoms with van der Waals surface area (Å²) in [6, 6.07) is 3.66. The minimum absolute atomic E-state index is 0.228. The molecule has 2 N–H and O–H groups in total. The van der Waals surface area contributed by atoms with Gasteiger partial charge in [0.1, 0.15) is 0 Å². The molecule has 1 aliphatic heterocycles. The summed E-state index contributed by atoms with van der Waals surface area (Å²) in [7, 11) is -3.65. The van der Waals surface area contributed by atoms with Gasteiger partial charge in [-0.1, -0.05) is 0 Å². The van der Waals surface area contributed by atoms with E-state index in [-0.39, 0.29) is 13.1 Å². The highest BCUT2D eigenvalue weighted by Crippen LogP contribution is 2.19. The number of nitrogens with zero attached hydrogens (tertiary/aromatic N) is 2. The second kappa shape index (κ2) is 5.45. The molecule has 1 fully saturated rings. The fourth-order valence-corrected chi connectivity index (χ4v) is 3.65. The SMILES string of the molecule is Cc1ccc(C)n1NS(=O)(=O)N1CCC(C(=O)O)CC1. The van der Waals surface area contributed by atoms with Crippen LogP contribution in [0.3, 0.4) is 0 Å². The highest BCUT2D eigenvalue weighted by Gasteiger charge is 2.31. The number of aromatic nitrogens is 1. The van der Waals surface area contributed by atoms with Crippen LogP contribution in [0.15, 0.2) is 12.1 Å². The summed E-state index contributed by atoms with van der Waals surface area (Å²) in [4.78, 5) is 13.4. The molecule has 0 bridgehead atoms. The van der Waals surface area contributed by atoms with Crippen LogP contribution in [0.1, 0.15) is 24.2 Å². The summed E-state index contributed by atoms with van der Waals surface area (Å²) in [6.07, 6.45) is 0.694. The molecule has 112 valence electrons. The number of carbonyl (C=O) groups is 1. The van der Waals surface area contributed by atoms with Crippen molar-refractivity contribution in [2.75, 3.05) is 17.9 Å². The second-order valence-electron chi connectivity index (χ2n) is 5.06. The van der Waals surface area contributed by atoms with Crippen LogP contribution in [0.4, 0.5) is 0 Å². The third-order valence-electron chi connectivity index (χ3n) is 3.62. The smallest absolute Gasteiger partial charge is 0.315 e. The Hall–Kier alpha value is -1.54. The number of hydrogen-bond acceptors (Lipinski definition) is 3. The van der Waals surface area contributed by atoms with Crippen LogP contribution in [0, 0.1) is 19.8 Å². The molecule has 7 nitrogen and oxygen atoms in total. The van der Waals surface area contributed by atoms with Gasteiger partial charge >= 0.3 is 16.2 Å². The number of piperidine rings is 1. The van der Waals surface area contributed by atoms with Crippen molar-refractivity contribution in [3.05, 3.63) is 23.5 Å². The largest absolute Gasteiger partial charge is 0.481 e. The van der Waals surface area contributed by atoms with Gasteiger partial charge < -0.3 is 5.11 Å². The van der Waals surface area contributed by atoms with E-state index in [1.807, 2.05) is 26.0 Å². The molecular weight excluding hydrogens is 282 g/mol. The van der Waals surface area contributed by atoms with E-state index in [4.69, 9.17) is 5.11 Å². The topological polar surface area (TPSA) is 91.6 Å². The van der Waals surface area contributed by atoms with Gasteiger partial charge in [-0.3, -0.25) is 9.47 Å². The zero-order valence-corrected chi connectivity index (χ0v) is 12.4. The van der Waals surface area contributed by atoms with Crippen LogP contribution in [-0.4, -0.2) is 41.6 Å². The molecule has 0 amide bonds. The third-order valence-corrected chi connectivity index (χ3v) is 5.08. The summed E-state index contributed by atoms with van der Waals surface area (Å²) in [5.74, 6) is -1.30. The summed E-state index contributed by atoms with van der Waals surface area (Å²) in [5, 5.41) is 8.92. The maximum Gasteiger partial charge on any atom is 0.315 e. The predicted molar refractivity (Wildman–Crippen MR) is 74.1 cm³/mol. The Bertz CT molecular complexity index is 581.